The summed E-state index contributed by atoms with van der Waals surface area (Å²) in [6, 6.07) is 2.06. The summed E-state index contributed by atoms with van der Waals surface area (Å²) in [5, 5.41) is 30.2. The zero-order valence-electron chi connectivity index (χ0n) is 10.4. The number of nitriles is 1. The lowest BCUT2D eigenvalue weighted by Gasteiger charge is -2.42. The Morgan fingerprint density at radius 3 is 2.35 bits per heavy atom. The minimum atomic E-state index is -1.01. The van der Waals surface area contributed by atoms with Crippen LogP contribution in [0.1, 0.15) is 33.1 Å². The number of nitrogens with zero attached hydrogens (tertiary/aromatic N) is 1. The van der Waals surface area contributed by atoms with E-state index in [-0.39, 0.29) is 19.1 Å². The molecule has 17 heavy (non-hydrogen) atoms. The number of rotatable bonds is 5. The summed E-state index contributed by atoms with van der Waals surface area (Å²) in [4.78, 5) is 12.1. The van der Waals surface area contributed by atoms with Gasteiger partial charge in [0.2, 0.25) is 5.91 Å². The molecule has 5 heteroatoms. The van der Waals surface area contributed by atoms with Gasteiger partial charge in [-0.2, -0.15) is 5.26 Å². The number of carbonyl (C=O) groups excluding carboxylic acids is 1. The SMILES string of the molecule is CCC(CO)(CO)NC(=O)C1(C#N)CC(C)C1. The number of hydrogen-bond donors (Lipinski definition) is 3. The molecule has 1 saturated carbocycles. The van der Waals surface area contributed by atoms with Gasteiger partial charge >= 0.3 is 0 Å². The second-order valence-electron chi connectivity index (χ2n) is 5.11. The Labute approximate surface area is 101 Å². The van der Waals surface area contributed by atoms with Crippen molar-refractivity contribution in [3.8, 4) is 6.07 Å². The van der Waals surface area contributed by atoms with Gasteiger partial charge in [0.05, 0.1) is 24.8 Å². The van der Waals surface area contributed by atoms with Gasteiger partial charge in [0, 0.05) is 0 Å². The monoisotopic (exact) mass is 240 g/mol. The Morgan fingerprint density at radius 1 is 1.53 bits per heavy atom. The van der Waals surface area contributed by atoms with Crippen LogP contribution >= 0.6 is 0 Å². The third kappa shape index (κ3) is 2.43. The fourth-order valence-corrected chi connectivity index (χ4v) is 2.26. The van der Waals surface area contributed by atoms with Crippen molar-refractivity contribution in [1.29, 1.82) is 5.26 Å². The van der Waals surface area contributed by atoms with Crippen molar-refractivity contribution in [2.45, 2.75) is 38.6 Å². The van der Waals surface area contributed by atoms with Crippen LogP contribution in [0, 0.1) is 22.7 Å². The quantitative estimate of drug-likeness (QED) is 0.639. The first-order valence-electron chi connectivity index (χ1n) is 5.93. The van der Waals surface area contributed by atoms with Crippen molar-refractivity contribution in [3.05, 3.63) is 0 Å². The Hall–Kier alpha value is -1.12. The van der Waals surface area contributed by atoms with Gasteiger partial charge in [0.15, 0.2) is 0 Å². The fourth-order valence-electron chi connectivity index (χ4n) is 2.26. The van der Waals surface area contributed by atoms with E-state index in [0.717, 1.165) is 0 Å². The van der Waals surface area contributed by atoms with Crippen LogP contribution in [0.3, 0.4) is 0 Å². The molecule has 0 atom stereocenters. The van der Waals surface area contributed by atoms with Gasteiger partial charge in [-0.05, 0) is 25.2 Å². The minimum absolute atomic E-state index is 0.331. The van der Waals surface area contributed by atoms with Crippen molar-refractivity contribution in [2.24, 2.45) is 11.3 Å². The smallest absolute Gasteiger partial charge is 0.241 e. The molecule has 1 fully saturated rings. The summed E-state index contributed by atoms with van der Waals surface area (Å²) in [5.74, 6) is 0.00253. The second kappa shape index (κ2) is 5.03. The van der Waals surface area contributed by atoms with Gasteiger partial charge in [-0.3, -0.25) is 4.79 Å². The highest BCUT2D eigenvalue weighted by molar-refractivity contribution is 5.87. The maximum Gasteiger partial charge on any atom is 0.241 e. The molecule has 0 aromatic heterocycles. The third-order valence-electron chi connectivity index (χ3n) is 3.70. The number of aliphatic hydroxyl groups is 2. The molecular weight excluding hydrogens is 220 g/mol. The average Bonchev–Trinajstić information content (AvgIpc) is 2.31. The molecule has 0 aromatic carbocycles. The van der Waals surface area contributed by atoms with Gasteiger partial charge < -0.3 is 15.5 Å². The van der Waals surface area contributed by atoms with E-state index in [9.17, 15) is 15.0 Å². The van der Waals surface area contributed by atoms with Crippen molar-refractivity contribution >= 4 is 5.91 Å². The van der Waals surface area contributed by atoms with E-state index >= 15 is 0 Å². The molecule has 0 radical (unpaired) electrons. The molecule has 1 amide bonds. The fraction of sp³-hybridized carbons (Fsp3) is 0.833. The molecule has 0 saturated heterocycles. The van der Waals surface area contributed by atoms with Crippen molar-refractivity contribution in [1.82, 2.24) is 5.32 Å². The highest BCUT2D eigenvalue weighted by Gasteiger charge is 2.50. The standard InChI is InChI=1S/C12H20N2O3/c1-3-12(7-15,8-16)14-10(17)11(6-13)4-9(2)5-11/h9,15-16H,3-5,7-8H2,1-2H3,(H,14,17). The van der Waals surface area contributed by atoms with Crippen LogP contribution in [0.2, 0.25) is 0 Å². The minimum Gasteiger partial charge on any atom is -0.394 e. The molecule has 5 nitrogen and oxygen atoms in total. The molecule has 0 unspecified atom stereocenters. The molecule has 3 N–H and O–H groups in total. The summed E-state index contributed by atoms with van der Waals surface area (Å²) in [5.41, 5.74) is -1.98. The van der Waals surface area contributed by atoms with Gasteiger partial charge in [-0.25, -0.2) is 0 Å². The molecule has 1 rings (SSSR count). The van der Waals surface area contributed by atoms with Crippen molar-refractivity contribution < 1.29 is 15.0 Å². The number of hydrogen-bond acceptors (Lipinski definition) is 4. The molecule has 0 spiro atoms. The molecule has 0 heterocycles. The zero-order valence-corrected chi connectivity index (χ0v) is 10.4. The second-order valence-corrected chi connectivity index (χ2v) is 5.11. The summed E-state index contributed by atoms with van der Waals surface area (Å²) < 4.78 is 0. The number of aliphatic hydroxyl groups excluding tert-OH is 2. The molecule has 0 bridgehead atoms. The van der Waals surface area contributed by atoms with Crippen LogP contribution in [-0.4, -0.2) is 34.9 Å². The lowest BCUT2D eigenvalue weighted by Crippen LogP contribution is -2.59. The van der Waals surface area contributed by atoms with Crippen LogP contribution in [0.15, 0.2) is 0 Å². The van der Waals surface area contributed by atoms with Gasteiger partial charge in [0.25, 0.3) is 0 Å². The molecule has 0 aliphatic heterocycles. The first-order chi connectivity index (χ1) is 7.97. The van der Waals surface area contributed by atoms with Crippen LogP contribution in [0.4, 0.5) is 0 Å². The van der Waals surface area contributed by atoms with Crippen LogP contribution < -0.4 is 5.32 Å². The normalized spacial score (nSPS) is 28.1. The summed E-state index contributed by atoms with van der Waals surface area (Å²) in [7, 11) is 0. The topological polar surface area (TPSA) is 93.3 Å². The maximum atomic E-state index is 12.1. The summed E-state index contributed by atoms with van der Waals surface area (Å²) in [6.07, 6.45) is 1.51. The Bertz CT molecular complexity index is 317. The zero-order chi connectivity index (χ0) is 13.1. The van der Waals surface area contributed by atoms with Gasteiger partial charge in [-0.1, -0.05) is 13.8 Å². The first kappa shape index (κ1) is 13.9. The molecule has 1 aliphatic carbocycles. The molecule has 1 aliphatic rings. The van der Waals surface area contributed by atoms with Crippen LogP contribution in [0.5, 0.6) is 0 Å². The lowest BCUT2D eigenvalue weighted by molar-refractivity contribution is -0.137. The molecule has 96 valence electrons. The Balaban J connectivity index is 2.75. The predicted octanol–water partition coefficient (Wildman–Crippen LogP) is 0.176. The van der Waals surface area contributed by atoms with Gasteiger partial charge in [-0.15, -0.1) is 0 Å². The van der Waals surface area contributed by atoms with Crippen LogP contribution in [-0.2, 0) is 4.79 Å². The number of carbonyl (C=O) groups is 1. The molecular formula is C12H20N2O3. The van der Waals surface area contributed by atoms with Crippen molar-refractivity contribution in [3.63, 3.8) is 0 Å². The lowest BCUT2D eigenvalue weighted by atomic mass is 9.62. The summed E-state index contributed by atoms with van der Waals surface area (Å²) in [6.45, 7) is 3.11. The Kier molecular flexibility index (Phi) is 4.12. The van der Waals surface area contributed by atoms with Gasteiger partial charge in [0.1, 0.15) is 5.41 Å². The number of nitrogens with one attached hydrogen (secondary N) is 1. The van der Waals surface area contributed by atoms with E-state index in [1.54, 1.807) is 6.92 Å². The Morgan fingerprint density at radius 2 is 2.06 bits per heavy atom. The highest BCUT2D eigenvalue weighted by atomic mass is 16.3. The van der Waals surface area contributed by atoms with E-state index in [0.29, 0.717) is 25.2 Å². The van der Waals surface area contributed by atoms with E-state index in [1.165, 1.54) is 0 Å². The predicted molar refractivity (Wildman–Crippen MR) is 61.8 cm³/mol. The average molecular weight is 240 g/mol. The summed E-state index contributed by atoms with van der Waals surface area (Å²) >= 11 is 0. The van der Waals surface area contributed by atoms with E-state index in [2.05, 4.69) is 11.4 Å². The number of amides is 1. The first-order valence-corrected chi connectivity index (χ1v) is 5.93. The van der Waals surface area contributed by atoms with Crippen LogP contribution in [0.25, 0.3) is 0 Å². The molecule has 0 aromatic rings. The van der Waals surface area contributed by atoms with E-state index in [1.807, 2.05) is 6.92 Å². The van der Waals surface area contributed by atoms with E-state index in [4.69, 9.17) is 5.26 Å². The third-order valence-corrected chi connectivity index (χ3v) is 3.70. The van der Waals surface area contributed by atoms with E-state index < -0.39 is 11.0 Å². The highest BCUT2D eigenvalue weighted by Crippen LogP contribution is 2.45. The van der Waals surface area contributed by atoms with Crippen molar-refractivity contribution in [2.75, 3.05) is 13.2 Å². The largest absolute Gasteiger partial charge is 0.394 e. The maximum absolute atomic E-state index is 12.1.